The molecule has 1 aromatic heterocycles. The minimum atomic E-state index is 0.206. The predicted molar refractivity (Wildman–Crippen MR) is 78.8 cm³/mol. The summed E-state index contributed by atoms with van der Waals surface area (Å²) in [6.07, 6.45) is 0.831. The normalized spacial score (nSPS) is 13.3. The zero-order valence-corrected chi connectivity index (χ0v) is 11.9. The zero-order valence-electron chi connectivity index (χ0n) is 11.9. The van der Waals surface area contributed by atoms with Crippen molar-refractivity contribution >= 4 is 11.0 Å². The van der Waals surface area contributed by atoms with Crippen molar-refractivity contribution in [3.8, 4) is 0 Å². The Kier molecular flexibility index (Phi) is 4.52. The Morgan fingerprint density at radius 3 is 2.74 bits per heavy atom. The van der Waals surface area contributed by atoms with Crippen molar-refractivity contribution in [3.63, 3.8) is 0 Å². The van der Waals surface area contributed by atoms with Gasteiger partial charge in [-0.1, -0.05) is 12.1 Å². The van der Waals surface area contributed by atoms with Crippen LogP contribution in [0.5, 0.6) is 0 Å². The van der Waals surface area contributed by atoms with Crippen molar-refractivity contribution in [2.45, 2.75) is 25.9 Å². The molecule has 104 valence electrons. The number of hydrazine groups is 1. The molecule has 0 radical (unpaired) electrons. The van der Waals surface area contributed by atoms with Crippen LogP contribution in [-0.2, 0) is 13.0 Å². The van der Waals surface area contributed by atoms with Gasteiger partial charge in [0.2, 0.25) is 0 Å². The van der Waals surface area contributed by atoms with E-state index in [1.165, 1.54) is 5.52 Å². The molecule has 0 spiro atoms. The topological polar surface area (TPSA) is 59.1 Å². The Bertz CT molecular complexity index is 532. The summed E-state index contributed by atoms with van der Waals surface area (Å²) in [6.45, 7) is 3.97. The monoisotopic (exact) mass is 261 g/mol. The number of benzene rings is 1. The van der Waals surface area contributed by atoms with Crippen molar-refractivity contribution in [3.05, 3.63) is 30.1 Å². The Balaban J connectivity index is 2.28. The van der Waals surface area contributed by atoms with Crippen LogP contribution in [0.25, 0.3) is 11.0 Å². The minimum Gasteiger partial charge on any atom is -0.328 e. The fourth-order valence-electron chi connectivity index (χ4n) is 2.47. The fourth-order valence-corrected chi connectivity index (χ4v) is 2.47. The molecular weight excluding hydrogens is 238 g/mol. The van der Waals surface area contributed by atoms with Gasteiger partial charge in [0.15, 0.2) is 0 Å². The molecule has 1 heterocycles. The molecule has 5 nitrogen and oxygen atoms in total. The first-order valence-corrected chi connectivity index (χ1v) is 6.70. The molecule has 1 aromatic carbocycles. The lowest BCUT2D eigenvalue weighted by Crippen LogP contribution is -2.44. The van der Waals surface area contributed by atoms with E-state index in [-0.39, 0.29) is 6.04 Å². The van der Waals surface area contributed by atoms with Crippen molar-refractivity contribution in [1.82, 2.24) is 19.9 Å². The lowest BCUT2D eigenvalue weighted by molar-refractivity contribution is 0.334. The number of fused-ring (bicyclic) bond motifs is 1. The van der Waals surface area contributed by atoms with Crippen molar-refractivity contribution in [2.24, 2.45) is 5.84 Å². The molecule has 0 saturated carbocycles. The van der Waals surface area contributed by atoms with Crippen LogP contribution in [0.3, 0.4) is 0 Å². The smallest absolute Gasteiger partial charge is 0.111 e. The van der Waals surface area contributed by atoms with Crippen LogP contribution in [0.4, 0.5) is 0 Å². The number of nitrogens with zero attached hydrogens (tertiary/aromatic N) is 3. The summed E-state index contributed by atoms with van der Waals surface area (Å²) in [5.41, 5.74) is 5.13. The van der Waals surface area contributed by atoms with Gasteiger partial charge in [-0.3, -0.25) is 11.3 Å². The number of hydrogen-bond donors (Lipinski definition) is 2. The number of nitrogens with two attached hydrogens (primary N) is 1. The molecule has 5 heteroatoms. The van der Waals surface area contributed by atoms with Gasteiger partial charge in [-0.25, -0.2) is 4.98 Å². The Hall–Kier alpha value is -1.43. The van der Waals surface area contributed by atoms with Gasteiger partial charge in [-0.05, 0) is 33.2 Å². The molecule has 1 unspecified atom stereocenters. The first-order chi connectivity index (χ1) is 9.15. The lowest BCUT2D eigenvalue weighted by atomic mass is 10.2. The van der Waals surface area contributed by atoms with Crippen LogP contribution < -0.4 is 11.3 Å². The molecule has 1 atom stereocenters. The van der Waals surface area contributed by atoms with Gasteiger partial charge in [-0.2, -0.15) is 0 Å². The number of imidazole rings is 1. The molecule has 2 aromatic rings. The maximum absolute atomic E-state index is 5.64. The SMILES string of the molecule is CCn1c(CC(CN(C)C)NN)nc2ccccc21. The minimum absolute atomic E-state index is 0.206. The predicted octanol–water partition coefficient (Wildman–Crippen LogP) is 0.992. The van der Waals surface area contributed by atoms with Gasteiger partial charge in [0.25, 0.3) is 0 Å². The Morgan fingerprint density at radius 1 is 1.37 bits per heavy atom. The van der Waals surface area contributed by atoms with E-state index in [9.17, 15) is 0 Å². The number of hydrogen-bond acceptors (Lipinski definition) is 4. The van der Waals surface area contributed by atoms with E-state index < -0.39 is 0 Å². The van der Waals surface area contributed by atoms with E-state index in [1.807, 2.05) is 20.2 Å². The van der Waals surface area contributed by atoms with E-state index in [0.29, 0.717) is 0 Å². The maximum Gasteiger partial charge on any atom is 0.111 e. The Labute approximate surface area is 114 Å². The summed E-state index contributed by atoms with van der Waals surface area (Å²) in [6, 6.07) is 8.46. The summed E-state index contributed by atoms with van der Waals surface area (Å²) in [5.74, 6) is 6.73. The summed E-state index contributed by atoms with van der Waals surface area (Å²) in [7, 11) is 4.10. The van der Waals surface area contributed by atoms with Gasteiger partial charge in [0.1, 0.15) is 5.82 Å². The molecule has 3 N–H and O–H groups in total. The second kappa shape index (κ2) is 6.14. The zero-order chi connectivity index (χ0) is 13.8. The van der Waals surface area contributed by atoms with Crippen LogP contribution in [0.2, 0.25) is 0 Å². The van der Waals surface area contributed by atoms with E-state index in [1.54, 1.807) is 0 Å². The van der Waals surface area contributed by atoms with Gasteiger partial charge < -0.3 is 9.47 Å². The highest BCUT2D eigenvalue weighted by molar-refractivity contribution is 5.75. The third kappa shape index (κ3) is 3.12. The third-order valence-corrected chi connectivity index (χ3v) is 3.30. The van der Waals surface area contributed by atoms with Crippen molar-refractivity contribution < 1.29 is 0 Å². The highest BCUT2D eigenvalue weighted by atomic mass is 15.3. The molecular formula is C14H23N5. The average Bonchev–Trinajstić information content (AvgIpc) is 2.74. The lowest BCUT2D eigenvalue weighted by Gasteiger charge is -2.20. The molecule has 0 fully saturated rings. The fraction of sp³-hybridized carbons (Fsp3) is 0.500. The van der Waals surface area contributed by atoms with Crippen LogP contribution >= 0.6 is 0 Å². The van der Waals surface area contributed by atoms with E-state index >= 15 is 0 Å². The van der Waals surface area contributed by atoms with Gasteiger partial charge in [0.05, 0.1) is 11.0 Å². The van der Waals surface area contributed by atoms with E-state index in [0.717, 1.165) is 30.9 Å². The molecule has 0 aliphatic rings. The van der Waals surface area contributed by atoms with Crippen LogP contribution in [0.1, 0.15) is 12.7 Å². The summed E-state index contributed by atoms with van der Waals surface area (Å²) in [5, 5.41) is 0. The molecule has 19 heavy (non-hydrogen) atoms. The van der Waals surface area contributed by atoms with Crippen molar-refractivity contribution in [2.75, 3.05) is 20.6 Å². The number of aromatic nitrogens is 2. The van der Waals surface area contributed by atoms with Gasteiger partial charge in [-0.15, -0.1) is 0 Å². The Morgan fingerprint density at radius 2 is 2.11 bits per heavy atom. The number of aryl methyl sites for hydroxylation is 1. The number of likely N-dealkylation sites (N-methyl/N-ethyl adjacent to an activating group) is 1. The first-order valence-electron chi connectivity index (χ1n) is 6.70. The molecule has 0 aliphatic carbocycles. The highest BCUT2D eigenvalue weighted by Crippen LogP contribution is 2.17. The standard InChI is InChI=1S/C14H23N5/c1-4-19-13-8-6-5-7-12(13)16-14(19)9-11(17-15)10-18(2)3/h5-8,11,17H,4,9-10,15H2,1-3H3. The van der Waals surface area contributed by atoms with Crippen LogP contribution in [-0.4, -0.2) is 41.1 Å². The van der Waals surface area contributed by atoms with Crippen LogP contribution in [0.15, 0.2) is 24.3 Å². The molecule has 0 bridgehead atoms. The second-order valence-corrected chi connectivity index (χ2v) is 5.09. The summed E-state index contributed by atoms with van der Waals surface area (Å²) >= 11 is 0. The van der Waals surface area contributed by atoms with E-state index in [4.69, 9.17) is 10.8 Å². The number of rotatable bonds is 6. The average molecular weight is 261 g/mol. The molecule has 0 amide bonds. The number of nitrogens with one attached hydrogen (secondary N) is 1. The summed E-state index contributed by atoms with van der Waals surface area (Å²) in [4.78, 5) is 6.86. The molecule has 0 aliphatic heterocycles. The maximum atomic E-state index is 5.64. The molecule has 0 saturated heterocycles. The first kappa shape index (κ1) is 14.0. The third-order valence-electron chi connectivity index (χ3n) is 3.30. The number of para-hydroxylation sites is 2. The summed E-state index contributed by atoms with van der Waals surface area (Å²) < 4.78 is 2.26. The second-order valence-electron chi connectivity index (χ2n) is 5.09. The van der Waals surface area contributed by atoms with Crippen molar-refractivity contribution in [1.29, 1.82) is 0 Å². The van der Waals surface area contributed by atoms with Crippen LogP contribution in [0, 0.1) is 0 Å². The van der Waals surface area contributed by atoms with Gasteiger partial charge >= 0.3 is 0 Å². The highest BCUT2D eigenvalue weighted by Gasteiger charge is 2.15. The quantitative estimate of drug-likeness (QED) is 0.601. The largest absolute Gasteiger partial charge is 0.328 e. The van der Waals surface area contributed by atoms with E-state index in [2.05, 4.69) is 40.0 Å². The molecule has 2 rings (SSSR count). The van der Waals surface area contributed by atoms with Gasteiger partial charge in [0, 0.05) is 25.6 Å².